The summed E-state index contributed by atoms with van der Waals surface area (Å²) in [5, 5.41) is 7.09. The van der Waals surface area contributed by atoms with Gasteiger partial charge in [-0.2, -0.15) is 0 Å². The highest BCUT2D eigenvalue weighted by atomic mass is 16.1. The van der Waals surface area contributed by atoms with Gasteiger partial charge >= 0.3 is 0 Å². The predicted molar refractivity (Wildman–Crippen MR) is 164 cm³/mol. The van der Waals surface area contributed by atoms with Crippen LogP contribution in [0.1, 0.15) is 68.7 Å². The number of nitrogens with one attached hydrogen (secondary N) is 2. The largest absolute Gasteiger partial charge is 0.316 e. The summed E-state index contributed by atoms with van der Waals surface area (Å²) in [6.07, 6.45) is 6.80. The Morgan fingerprint density at radius 3 is 1.12 bits per heavy atom. The van der Waals surface area contributed by atoms with Gasteiger partial charge in [0.15, 0.2) is 11.6 Å². The maximum absolute atomic E-state index is 12.5. The molecule has 0 unspecified atom stereocenters. The Kier molecular flexibility index (Phi) is 11.9. The summed E-state index contributed by atoms with van der Waals surface area (Å²) in [6, 6.07) is 34.8. The standard InChI is InChI=1S/C36H40N2O2/c39-35(31-11-5-3-6-12-31)33-19-15-29(16-20-33)23-27-37-25-9-1-2-10-26-38-28-24-30-17-21-34(22-18-30)36(40)32-13-7-4-8-14-32/h3-8,11-22,37-38H,1-2,9-10,23-28H2. The number of ketones is 2. The molecule has 4 heteroatoms. The highest BCUT2D eigenvalue weighted by molar-refractivity contribution is 6.09. The fourth-order valence-electron chi connectivity index (χ4n) is 4.73. The van der Waals surface area contributed by atoms with E-state index in [2.05, 4.69) is 34.9 Å². The minimum Gasteiger partial charge on any atom is -0.316 e. The molecule has 2 N–H and O–H groups in total. The highest BCUT2D eigenvalue weighted by Crippen LogP contribution is 2.13. The van der Waals surface area contributed by atoms with E-state index >= 15 is 0 Å². The lowest BCUT2D eigenvalue weighted by molar-refractivity contribution is 0.103. The van der Waals surface area contributed by atoms with Crippen LogP contribution in [0.4, 0.5) is 0 Å². The second-order valence-electron chi connectivity index (χ2n) is 10.2. The molecule has 0 aliphatic heterocycles. The summed E-state index contributed by atoms with van der Waals surface area (Å²) in [5.41, 5.74) is 5.44. The summed E-state index contributed by atoms with van der Waals surface area (Å²) < 4.78 is 0. The van der Waals surface area contributed by atoms with Crippen molar-refractivity contribution in [3.8, 4) is 0 Å². The smallest absolute Gasteiger partial charge is 0.193 e. The molecule has 0 amide bonds. The fourth-order valence-corrected chi connectivity index (χ4v) is 4.73. The van der Waals surface area contributed by atoms with Gasteiger partial charge in [-0.1, -0.05) is 122 Å². The molecule has 0 saturated carbocycles. The molecule has 0 aliphatic rings. The Hall–Kier alpha value is -3.86. The summed E-state index contributed by atoms with van der Waals surface area (Å²) in [5.74, 6) is 0.146. The van der Waals surface area contributed by atoms with E-state index in [9.17, 15) is 9.59 Å². The Balaban J connectivity index is 0.986. The molecule has 0 aromatic heterocycles. The zero-order valence-electron chi connectivity index (χ0n) is 23.3. The predicted octanol–water partition coefficient (Wildman–Crippen LogP) is 6.67. The number of carbonyl (C=O) groups excluding carboxylic acids is 2. The van der Waals surface area contributed by atoms with Crippen molar-refractivity contribution in [2.24, 2.45) is 0 Å². The van der Waals surface area contributed by atoms with Crippen molar-refractivity contribution in [2.45, 2.75) is 38.5 Å². The van der Waals surface area contributed by atoms with Crippen molar-refractivity contribution in [3.05, 3.63) is 143 Å². The summed E-state index contributed by atoms with van der Waals surface area (Å²) in [4.78, 5) is 25.0. The van der Waals surface area contributed by atoms with Crippen molar-refractivity contribution in [3.63, 3.8) is 0 Å². The monoisotopic (exact) mass is 532 g/mol. The molecule has 0 bridgehead atoms. The van der Waals surface area contributed by atoms with E-state index in [1.54, 1.807) is 0 Å². The van der Waals surface area contributed by atoms with Gasteiger partial charge in [-0.3, -0.25) is 9.59 Å². The molecular formula is C36H40N2O2. The van der Waals surface area contributed by atoms with Gasteiger partial charge in [0, 0.05) is 22.3 Å². The minimum atomic E-state index is 0.0728. The van der Waals surface area contributed by atoms with E-state index in [1.165, 1.54) is 36.8 Å². The lowest BCUT2D eigenvalue weighted by Gasteiger charge is -2.07. The van der Waals surface area contributed by atoms with Gasteiger partial charge < -0.3 is 10.6 Å². The third-order valence-electron chi connectivity index (χ3n) is 7.14. The zero-order valence-corrected chi connectivity index (χ0v) is 23.3. The first-order chi connectivity index (χ1) is 19.7. The van der Waals surface area contributed by atoms with Crippen LogP contribution in [0.2, 0.25) is 0 Å². The van der Waals surface area contributed by atoms with Crippen LogP contribution in [0, 0.1) is 0 Å². The molecule has 0 spiro atoms. The van der Waals surface area contributed by atoms with E-state index < -0.39 is 0 Å². The molecule has 0 atom stereocenters. The lowest BCUT2D eigenvalue weighted by Crippen LogP contribution is -2.19. The first-order valence-electron chi connectivity index (χ1n) is 14.5. The second-order valence-corrected chi connectivity index (χ2v) is 10.2. The van der Waals surface area contributed by atoms with Crippen molar-refractivity contribution in [1.29, 1.82) is 0 Å². The maximum Gasteiger partial charge on any atom is 0.193 e. The molecule has 206 valence electrons. The zero-order chi connectivity index (χ0) is 27.8. The average Bonchev–Trinajstić information content (AvgIpc) is 3.02. The van der Waals surface area contributed by atoms with Crippen LogP contribution in [0.3, 0.4) is 0 Å². The van der Waals surface area contributed by atoms with Crippen LogP contribution in [0.5, 0.6) is 0 Å². The first kappa shape index (κ1) is 29.1. The van der Waals surface area contributed by atoms with Gasteiger partial charge in [-0.25, -0.2) is 0 Å². The Labute approximate surface area is 238 Å². The second kappa shape index (κ2) is 16.3. The molecular weight excluding hydrogens is 492 g/mol. The van der Waals surface area contributed by atoms with Crippen LogP contribution in [0.15, 0.2) is 109 Å². The van der Waals surface area contributed by atoms with Crippen LogP contribution >= 0.6 is 0 Å². The molecule has 0 heterocycles. The number of hydrogen-bond acceptors (Lipinski definition) is 4. The molecule has 4 rings (SSSR count). The highest BCUT2D eigenvalue weighted by Gasteiger charge is 2.09. The third kappa shape index (κ3) is 9.41. The lowest BCUT2D eigenvalue weighted by atomic mass is 10.0. The van der Waals surface area contributed by atoms with Crippen LogP contribution in [-0.4, -0.2) is 37.7 Å². The van der Waals surface area contributed by atoms with Crippen LogP contribution < -0.4 is 10.6 Å². The molecule has 4 nitrogen and oxygen atoms in total. The molecule has 0 aliphatic carbocycles. The summed E-state index contributed by atoms with van der Waals surface area (Å²) in [6.45, 7) is 3.99. The first-order valence-corrected chi connectivity index (χ1v) is 14.5. The van der Waals surface area contributed by atoms with Crippen molar-refractivity contribution < 1.29 is 9.59 Å². The van der Waals surface area contributed by atoms with E-state index in [4.69, 9.17) is 0 Å². The number of benzene rings is 4. The molecule has 4 aromatic carbocycles. The normalized spacial score (nSPS) is 10.9. The molecule has 0 radical (unpaired) electrons. The number of hydrogen-bond donors (Lipinski definition) is 2. The third-order valence-corrected chi connectivity index (χ3v) is 7.14. The fraction of sp³-hybridized carbons (Fsp3) is 0.278. The Bertz CT molecular complexity index is 1200. The van der Waals surface area contributed by atoms with Gasteiger partial charge in [-0.05, 0) is 63.0 Å². The summed E-state index contributed by atoms with van der Waals surface area (Å²) >= 11 is 0. The minimum absolute atomic E-state index is 0.0728. The van der Waals surface area contributed by atoms with E-state index in [0.29, 0.717) is 0 Å². The molecule has 0 fully saturated rings. The van der Waals surface area contributed by atoms with Crippen LogP contribution in [-0.2, 0) is 12.8 Å². The molecule has 40 heavy (non-hydrogen) atoms. The SMILES string of the molecule is O=C(c1ccccc1)c1ccc(CCNCCCCCCNCCc2ccc(C(=O)c3ccccc3)cc2)cc1. The summed E-state index contributed by atoms with van der Waals surface area (Å²) in [7, 11) is 0. The van der Waals surface area contributed by atoms with Gasteiger partial charge in [-0.15, -0.1) is 0 Å². The van der Waals surface area contributed by atoms with E-state index in [-0.39, 0.29) is 11.6 Å². The number of unbranched alkanes of at least 4 members (excludes halogenated alkanes) is 3. The Morgan fingerprint density at radius 1 is 0.400 bits per heavy atom. The average molecular weight is 533 g/mol. The van der Waals surface area contributed by atoms with E-state index in [1.807, 2.05) is 84.9 Å². The van der Waals surface area contributed by atoms with Crippen LogP contribution in [0.25, 0.3) is 0 Å². The molecule has 4 aromatic rings. The van der Waals surface area contributed by atoms with E-state index in [0.717, 1.165) is 61.3 Å². The van der Waals surface area contributed by atoms with Crippen molar-refractivity contribution in [2.75, 3.05) is 26.2 Å². The van der Waals surface area contributed by atoms with Gasteiger partial charge in [0.2, 0.25) is 0 Å². The van der Waals surface area contributed by atoms with Gasteiger partial charge in [0.25, 0.3) is 0 Å². The quantitative estimate of drug-likeness (QED) is 0.118. The van der Waals surface area contributed by atoms with Crippen molar-refractivity contribution in [1.82, 2.24) is 10.6 Å². The topological polar surface area (TPSA) is 58.2 Å². The van der Waals surface area contributed by atoms with Gasteiger partial charge in [0.1, 0.15) is 0 Å². The van der Waals surface area contributed by atoms with Gasteiger partial charge in [0.05, 0.1) is 0 Å². The maximum atomic E-state index is 12.5. The number of rotatable bonds is 17. The number of carbonyl (C=O) groups is 2. The Morgan fingerprint density at radius 2 is 0.750 bits per heavy atom. The van der Waals surface area contributed by atoms with Crippen molar-refractivity contribution >= 4 is 11.6 Å². The molecule has 0 saturated heterocycles.